The number of ether oxygens (including phenoxy) is 2. The maximum atomic E-state index is 9.64. The second-order valence-corrected chi connectivity index (χ2v) is 5.25. The molecule has 0 unspecified atom stereocenters. The van der Waals surface area contributed by atoms with Crippen molar-refractivity contribution in [3.8, 4) is 34.1 Å². The summed E-state index contributed by atoms with van der Waals surface area (Å²) < 4.78 is 11.0. The predicted octanol–water partition coefficient (Wildman–Crippen LogP) is 2.71. The average molecular weight is 303 g/mol. The number of phenols is 2. The van der Waals surface area contributed by atoms with Gasteiger partial charge in [0.05, 0.1) is 7.11 Å². The highest BCUT2D eigenvalue weighted by Gasteiger charge is 2.08. The Hall–Kier alpha value is -2.40. The molecule has 5 nitrogen and oxygen atoms in total. The van der Waals surface area contributed by atoms with E-state index in [0.29, 0.717) is 18.1 Å². The van der Waals surface area contributed by atoms with Crippen LogP contribution >= 0.6 is 0 Å². The highest BCUT2D eigenvalue weighted by molar-refractivity contribution is 5.69. The molecule has 118 valence electrons. The standard InChI is InChI=1S/C17H21NO4/c1-18(2)6-7-22-15-9-13(8-14(11-15)21-3)12-4-5-16(19)17(20)10-12/h4-5,8-11,19-20H,6-7H2,1-3H3. The van der Waals surface area contributed by atoms with Gasteiger partial charge in [-0.15, -0.1) is 0 Å². The summed E-state index contributed by atoms with van der Waals surface area (Å²) in [5.74, 6) is 1.07. The molecule has 2 aromatic carbocycles. The molecule has 0 aliphatic heterocycles. The van der Waals surface area contributed by atoms with Crippen LogP contribution in [0.1, 0.15) is 0 Å². The van der Waals surface area contributed by atoms with Gasteiger partial charge in [-0.3, -0.25) is 0 Å². The second-order valence-electron chi connectivity index (χ2n) is 5.25. The zero-order chi connectivity index (χ0) is 16.1. The monoisotopic (exact) mass is 303 g/mol. The van der Waals surface area contributed by atoms with Gasteiger partial charge >= 0.3 is 0 Å². The summed E-state index contributed by atoms with van der Waals surface area (Å²) in [7, 11) is 5.57. The van der Waals surface area contributed by atoms with Crippen molar-refractivity contribution in [3.05, 3.63) is 36.4 Å². The lowest BCUT2D eigenvalue weighted by atomic mass is 10.0. The van der Waals surface area contributed by atoms with Crippen LogP contribution in [-0.4, -0.2) is 49.5 Å². The first-order valence-electron chi connectivity index (χ1n) is 6.98. The van der Waals surface area contributed by atoms with Gasteiger partial charge in [-0.1, -0.05) is 6.07 Å². The van der Waals surface area contributed by atoms with E-state index in [-0.39, 0.29) is 11.5 Å². The van der Waals surface area contributed by atoms with Crippen LogP contribution in [0.15, 0.2) is 36.4 Å². The largest absolute Gasteiger partial charge is 0.504 e. The maximum Gasteiger partial charge on any atom is 0.158 e. The minimum Gasteiger partial charge on any atom is -0.504 e. The van der Waals surface area contributed by atoms with Gasteiger partial charge in [0.15, 0.2) is 11.5 Å². The summed E-state index contributed by atoms with van der Waals surface area (Å²) in [5.41, 5.74) is 1.61. The lowest BCUT2D eigenvalue weighted by Gasteiger charge is -2.13. The molecule has 0 amide bonds. The third-order valence-electron chi connectivity index (χ3n) is 3.23. The van der Waals surface area contributed by atoms with E-state index in [1.165, 1.54) is 12.1 Å². The van der Waals surface area contributed by atoms with Crippen molar-refractivity contribution in [2.75, 3.05) is 34.4 Å². The molecule has 5 heteroatoms. The molecule has 2 aromatic rings. The minimum absolute atomic E-state index is 0.144. The topological polar surface area (TPSA) is 62.2 Å². The fourth-order valence-corrected chi connectivity index (χ4v) is 1.99. The summed E-state index contributed by atoms with van der Waals surface area (Å²) in [5, 5.41) is 19.1. The van der Waals surface area contributed by atoms with Crippen LogP contribution in [-0.2, 0) is 0 Å². The van der Waals surface area contributed by atoms with E-state index in [1.807, 2.05) is 37.2 Å². The van der Waals surface area contributed by atoms with Crippen molar-refractivity contribution >= 4 is 0 Å². The van der Waals surface area contributed by atoms with E-state index < -0.39 is 0 Å². The molecule has 0 radical (unpaired) electrons. The summed E-state index contributed by atoms with van der Waals surface area (Å²) in [6.07, 6.45) is 0. The summed E-state index contributed by atoms with van der Waals surface area (Å²) in [4.78, 5) is 2.04. The van der Waals surface area contributed by atoms with Crippen molar-refractivity contribution < 1.29 is 19.7 Å². The summed E-state index contributed by atoms with van der Waals surface area (Å²) >= 11 is 0. The van der Waals surface area contributed by atoms with Gasteiger partial charge in [-0.05, 0) is 49.5 Å². The lowest BCUT2D eigenvalue weighted by Crippen LogP contribution is -2.19. The van der Waals surface area contributed by atoms with Crippen molar-refractivity contribution in [2.24, 2.45) is 0 Å². The maximum absolute atomic E-state index is 9.64. The van der Waals surface area contributed by atoms with E-state index in [9.17, 15) is 10.2 Å². The Morgan fingerprint density at radius 3 is 2.27 bits per heavy atom. The predicted molar refractivity (Wildman–Crippen MR) is 85.8 cm³/mol. The van der Waals surface area contributed by atoms with Crippen molar-refractivity contribution in [3.63, 3.8) is 0 Å². The van der Waals surface area contributed by atoms with E-state index in [4.69, 9.17) is 9.47 Å². The SMILES string of the molecule is COc1cc(OCCN(C)C)cc(-c2ccc(O)c(O)c2)c1. The van der Waals surface area contributed by atoms with E-state index in [2.05, 4.69) is 0 Å². The number of hydrogen-bond acceptors (Lipinski definition) is 5. The quantitative estimate of drug-likeness (QED) is 0.803. The van der Waals surface area contributed by atoms with Gasteiger partial charge < -0.3 is 24.6 Å². The van der Waals surface area contributed by atoms with Gasteiger partial charge in [-0.25, -0.2) is 0 Å². The first-order chi connectivity index (χ1) is 10.5. The molecule has 0 aliphatic carbocycles. The number of phenolic OH excluding ortho intramolecular Hbond substituents is 2. The molecule has 0 heterocycles. The first kappa shape index (κ1) is 16.0. The molecule has 0 aliphatic rings. The molecule has 2 N–H and O–H groups in total. The third-order valence-corrected chi connectivity index (χ3v) is 3.23. The van der Waals surface area contributed by atoms with E-state index in [1.54, 1.807) is 13.2 Å². The Balaban J connectivity index is 2.28. The van der Waals surface area contributed by atoms with Gasteiger partial charge in [-0.2, -0.15) is 0 Å². The first-order valence-corrected chi connectivity index (χ1v) is 6.98. The van der Waals surface area contributed by atoms with Crippen LogP contribution in [0.4, 0.5) is 0 Å². The van der Waals surface area contributed by atoms with Crippen LogP contribution in [0.25, 0.3) is 11.1 Å². The number of rotatable bonds is 6. The summed E-state index contributed by atoms with van der Waals surface area (Å²) in [6, 6.07) is 10.2. The number of aromatic hydroxyl groups is 2. The van der Waals surface area contributed by atoms with Crippen LogP contribution in [0.2, 0.25) is 0 Å². The number of nitrogens with zero attached hydrogens (tertiary/aromatic N) is 1. The molecule has 2 rings (SSSR count). The molecular weight excluding hydrogens is 282 g/mol. The molecule has 0 saturated carbocycles. The van der Waals surface area contributed by atoms with Crippen LogP contribution in [0.5, 0.6) is 23.0 Å². The number of benzene rings is 2. The Morgan fingerprint density at radius 1 is 0.909 bits per heavy atom. The fraction of sp³-hybridized carbons (Fsp3) is 0.294. The molecular formula is C17H21NO4. The molecule has 0 atom stereocenters. The number of likely N-dealkylation sites (N-methyl/N-ethyl adjacent to an activating group) is 1. The Kier molecular flexibility index (Phi) is 5.12. The van der Waals surface area contributed by atoms with Crippen LogP contribution < -0.4 is 9.47 Å². The molecule has 0 aromatic heterocycles. The average Bonchev–Trinajstić information content (AvgIpc) is 2.49. The van der Waals surface area contributed by atoms with Crippen LogP contribution in [0, 0.1) is 0 Å². The van der Waals surface area contributed by atoms with Crippen molar-refractivity contribution in [2.45, 2.75) is 0 Å². The number of methoxy groups -OCH3 is 1. The molecule has 0 fully saturated rings. The van der Waals surface area contributed by atoms with E-state index in [0.717, 1.165) is 17.7 Å². The van der Waals surface area contributed by atoms with Crippen molar-refractivity contribution in [1.29, 1.82) is 0 Å². The molecule has 22 heavy (non-hydrogen) atoms. The van der Waals surface area contributed by atoms with E-state index >= 15 is 0 Å². The van der Waals surface area contributed by atoms with Gasteiger partial charge in [0, 0.05) is 12.6 Å². The molecule has 0 spiro atoms. The lowest BCUT2D eigenvalue weighted by molar-refractivity contribution is 0.260. The highest BCUT2D eigenvalue weighted by atomic mass is 16.5. The van der Waals surface area contributed by atoms with Gasteiger partial charge in [0.1, 0.15) is 18.1 Å². The van der Waals surface area contributed by atoms with Gasteiger partial charge in [0.25, 0.3) is 0 Å². The fourth-order valence-electron chi connectivity index (χ4n) is 1.99. The third kappa shape index (κ3) is 4.05. The number of hydrogen-bond donors (Lipinski definition) is 2. The Bertz CT molecular complexity index is 641. The Morgan fingerprint density at radius 2 is 1.64 bits per heavy atom. The normalized spacial score (nSPS) is 10.7. The van der Waals surface area contributed by atoms with Crippen molar-refractivity contribution in [1.82, 2.24) is 4.90 Å². The zero-order valence-corrected chi connectivity index (χ0v) is 13.0. The molecule has 0 saturated heterocycles. The second kappa shape index (κ2) is 7.04. The minimum atomic E-state index is -0.157. The van der Waals surface area contributed by atoms with Gasteiger partial charge in [0.2, 0.25) is 0 Å². The molecule has 0 bridgehead atoms. The zero-order valence-electron chi connectivity index (χ0n) is 13.0. The Labute approximate surface area is 130 Å². The smallest absolute Gasteiger partial charge is 0.158 e. The van der Waals surface area contributed by atoms with Crippen LogP contribution in [0.3, 0.4) is 0 Å². The highest BCUT2D eigenvalue weighted by Crippen LogP contribution is 2.34. The summed E-state index contributed by atoms with van der Waals surface area (Å²) in [6.45, 7) is 1.38.